The van der Waals surface area contributed by atoms with E-state index >= 15 is 0 Å². The zero-order chi connectivity index (χ0) is 15.5. The summed E-state index contributed by atoms with van der Waals surface area (Å²) < 4.78 is 37.2. The van der Waals surface area contributed by atoms with Crippen LogP contribution < -0.4 is 11.3 Å². The van der Waals surface area contributed by atoms with Crippen LogP contribution in [0.2, 0.25) is 0 Å². The minimum absolute atomic E-state index is 0.113. The summed E-state index contributed by atoms with van der Waals surface area (Å²) in [6.45, 7) is 1.65. The number of sulfone groups is 1. The number of fused-ring (bicyclic) bond motifs is 1. The SMILES string of the molecule is CCS(=O)(=O)CCCC(NN)c1cc2cc(F)ccc2s1. The highest BCUT2D eigenvalue weighted by molar-refractivity contribution is 7.91. The van der Waals surface area contributed by atoms with Crippen molar-refractivity contribution >= 4 is 31.3 Å². The van der Waals surface area contributed by atoms with E-state index in [1.807, 2.05) is 6.07 Å². The topological polar surface area (TPSA) is 72.2 Å². The lowest BCUT2D eigenvalue weighted by Crippen LogP contribution is -2.27. The Morgan fingerprint density at radius 3 is 2.81 bits per heavy atom. The first-order valence-corrected chi connectivity index (χ1v) is 9.44. The molecule has 7 heteroatoms. The highest BCUT2D eigenvalue weighted by atomic mass is 32.2. The van der Waals surface area contributed by atoms with Crippen LogP contribution in [0.15, 0.2) is 24.3 Å². The average Bonchev–Trinajstić information content (AvgIpc) is 2.86. The Kier molecular flexibility index (Phi) is 5.32. The fraction of sp³-hybridized carbons (Fsp3) is 0.429. The number of hydrazine groups is 1. The molecule has 1 atom stereocenters. The quantitative estimate of drug-likeness (QED) is 0.605. The summed E-state index contributed by atoms with van der Waals surface area (Å²) in [4.78, 5) is 0.993. The van der Waals surface area contributed by atoms with Crippen molar-refractivity contribution < 1.29 is 12.8 Å². The summed E-state index contributed by atoms with van der Waals surface area (Å²) in [6.07, 6.45) is 1.18. The van der Waals surface area contributed by atoms with E-state index in [-0.39, 0.29) is 23.4 Å². The predicted molar refractivity (Wildman–Crippen MR) is 85.4 cm³/mol. The molecule has 21 heavy (non-hydrogen) atoms. The van der Waals surface area contributed by atoms with Gasteiger partial charge >= 0.3 is 0 Å². The third-order valence-corrected chi connectivity index (χ3v) is 6.45. The van der Waals surface area contributed by atoms with E-state index in [2.05, 4.69) is 5.43 Å². The van der Waals surface area contributed by atoms with Gasteiger partial charge in [-0.25, -0.2) is 12.8 Å². The molecule has 0 spiro atoms. The highest BCUT2D eigenvalue weighted by Gasteiger charge is 2.15. The first kappa shape index (κ1) is 16.4. The van der Waals surface area contributed by atoms with Gasteiger partial charge in [-0.15, -0.1) is 11.3 Å². The van der Waals surface area contributed by atoms with Crippen LogP contribution >= 0.6 is 11.3 Å². The Labute approximate surface area is 128 Å². The number of benzene rings is 1. The van der Waals surface area contributed by atoms with Gasteiger partial charge in [0.2, 0.25) is 0 Å². The Hall–Kier alpha value is -1.02. The molecule has 2 aromatic rings. The van der Waals surface area contributed by atoms with Crippen molar-refractivity contribution in [1.29, 1.82) is 0 Å². The summed E-state index contributed by atoms with van der Waals surface area (Å²) in [5.74, 6) is 5.64. The maximum atomic E-state index is 13.2. The van der Waals surface area contributed by atoms with Crippen LogP contribution in [0.1, 0.15) is 30.7 Å². The first-order valence-electron chi connectivity index (χ1n) is 6.80. The second-order valence-corrected chi connectivity index (χ2v) is 8.52. The largest absolute Gasteiger partial charge is 0.271 e. The molecule has 0 bridgehead atoms. The minimum atomic E-state index is -2.95. The Bertz CT molecular complexity index is 713. The van der Waals surface area contributed by atoms with Crippen LogP contribution in [0.4, 0.5) is 4.39 Å². The van der Waals surface area contributed by atoms with Crippen molar-refractivity contribution in [2.45, 2.75) is 25.8 Å². The summed E-state index contributed by atoms with van der Waals surface area (Å²) in [5.41, 5.74) is 2.72. The standard InChI is InChI=1S/C14H19FN2O2S2/c1-2-21(18,19)7-3-4-12(17-16)14-9-10-8-11(15)5-6-13(10)20-14/h5-6,8-9,12,17H,2-4,7,16H2,1H3. The normalized spacial score (nSPS) is 13.7. The van der Waals surface area contributed by atoms with Crippen LogP contribution in [0.5, 0.6) is 0 Å². The number of hydrogen-bond donors (Lipinski definition) is 2. The minimum Gasteiger partial charge on any atom is -0.271 e. The molecule has 0 aliphatic carbocycles. The predicted octanol–water partition coefficient (Wildman–Crippen LogP) is 2.76. The molecule has 0 saturated carbocycles. The van der Waals surface area contributed by atoms with E-state index in [4.69, 9.17) is 5.84 Å². The molecule has 0 aliphatic rings. The summed E-state index contributed by atoms with van der Waals surface area (Å²) >= 11 is 1.54. The van der Waals surface area contributed by atoms with Gasteiger partial charge in [-0.1, -0.05) is 6.92 Å². The van der Waals surface area contributed by atoms with Crippen molar-refractivity contribution in [1.82, 2.24) is 5.43 Å². The smallest absolute Gasteiger partial charge is 0.150 e. The number of hydrogen-bond acceptors (Lipinski definition) is 5. The molecule has 0 fully saturated rings. The maximum absolute atomic E-state index is 13.2. The fourth-order valence-electron chi connectivity index (χ4n) is 2.17. The van der Waals surface area contributed by atoms with Gasteiger partial charge in [0.1, 0.15) is 15.7 Å². The van der Waals surface area contributed by atoms with Crippen LogP contribution in [0, 0.1) is 5.82 Å². The van der Waals surface area contributed by atoms with Gasteiger partial charge in [0.15, 0.2) is 0 Å². The van der Waals surface area contributed by atoms with Crippen molar-refractivity contribution in [3.05, 3.63) is 35.0 Å². The van der Waals surface area contributed by atoms with Gasteiger partial charge in [-0.05, 0) is 42.5 Å². The van der Waals surface area contributed by atoms with E-state index in [1.54, 1.807) is 24.3 Å². The van der Waals surface area contributed by atoms with Crippen LogP contribution in [-0.4, -0.2) is 19.9 Å². The van der Waals surface area contributed by atoms with Gasteiger partial charge in [0, 0.05) is 15.3 Å². The van der Waals surface area contributed by atoms with E-state index in [0.717, 1.165) is 15.0 Å². The molecule has 1 aromatic heterocycles. The number of nitrogens with two attached hydrogens (primary N) is 1. The molecule has 116 valence electrons. The Morgan fingerprint density at radius 1 is 1.38 bits per heavy atom. The molecule has 0 radical (unpaired) electrons. The molecule has 1 aromatic carbocycles. The first-order chi connectivity index (χ1) is 9.95. The van der Waals surface area contributed by atoms with E-state index < -0.39 is 9.84 Å². The molecular formula is C14H19FN2O2S2. The molecule has 1 unspecified atom stereocenters. The molecule has 3 N–H and O–H groups in total. The molecular weight excluding hydrogens is 311 g/mol. The monoisotopic (exact) mass is 330 g/mol. The summed E-state index contributed by atoms with van der Waals surface area (Å²) in [5, 5.41) is 0.844. The van der Waals surface area contributed by atoms with Gasteiger partial charge in [-0.2, -0.15) is 0 Å². The third kappa shape index (κ3) is 4.23. The molecule has 0 saturated heterocycles. The zero-order valence-electron chi connectivity index (χ0n) is 11.8. The third-order valence-electron chi connectivity index (χ3n) is 3.43. The molecule has 0 amide bonds. The van der Waals surface area contributed by atoms with Crippen molar-refractivity contribution in [3.8, 4) is 0 Å². The van der Waals surface area contributed by atoms with Gasteiger partial charge < -0.3 is 0 Å². The van der Waals surface area contributed by atoms with Crippen LogP contribution in [0.25, 0.3) is 10.1 Å². The lowest BCUT2D eigenvalue weighted by molar-refractivity contribution is 0.514. The van der Waals surface area contributed by atoms with E-state index in [0.29, 0.717) is 12.8 Å². The Balaban J connectivity index is 2.09. The van der Waals surface area contributed by atoms with Crippen LogP contribution in [0.3, 0.4) is 0 Å². The lowest BCUT2D eigenvalue weighted by Gasteiger charge is -2.13. The number of thiophene rings is 1. The van der Waals surface area contributed by atoms with Crippen molar-refractivity contribution in [2.24, 2.45) is 5.84 Å². The highest BCUT2D eigenvalue weighted by Crippen LogP contribution is 2.32. The second kappa shape index (κ2) is 6.83. The second-order valence-electron chi connectivity index (χ2n) is 4.93. The number of rotatable bonds is 7. The van der Waals surface area contributed by atoms with Gasteiger partial charge in [0.25, 0.3) is 0 Å². The molecule has 2 rings (SSSR count). The summed E-state index contributed by atoms with van der Waals surface area (Å²) in [7, 11) is -2.95. The van der Waals surface area contributed by atoms with E-state index in [9.17, 15) is 12.8 Å². The fourth-order valence-corrected chi connectivity index (χ4v) is 4.20. The lowest BCUT2D eigenvalue weighted by atomic mass is 10.1. The van der Waals surface area contributed by atoms with E-state index in [1.165, 1.54) is 12.1 Å². The van der Waals surface area contributed by atoms with Crippen LogP contribution in [-0.2, 0) is 9.84 Å². The van der Waals surface area contributed by atoms with Gasteiger partial charge in [-0.3, -0.25) is 11.3 Å². The molecule has 0 aliphatic heterocycles. The van der Waals surface area contributed by atoms with Crippen molar-refractivity contribution in [3.63, 3.8) is 0 Å². The van der Waals surface area contributed by atoms with Gasteiger partial charge in [0.05, 0.1) is 11.8 Å². The number of nitrogens with one attached hydrogen (secondary N) is 1. The molecule has 1 heterocycles. The average molecular weight is 330 g/mol. The molecule has 4 nitrogen and oxygen atoms in total. The maximum Gasteiger partial charge on any atom is 0.150 e. The Morgan fingerprint density at radius 2 is 2.14 bits per heavy atom. The van der Waals surface area contributed by atoms with Crippen molar-refractivity contribution in [2.75, 3.05) is 11.5 Å². The summed E-state index contributed by atoms with van der Waals surface area (Å²) in [6, 6.07) is 6.46. The zero-order valence-corrected chi connectivity index (χ0v) is 13.4. The number of halogens is 1.